The van der Waals surface area contributed by atoms with Crippen LogP contribution in [0.1, 0.15) is 52.5 Å². The molecule has 1 aliphatic carbocycles. The molecule has 0 N–H and O–H groups in total. The number of hydrogen-bond donors (Lipinski definition) is 0. The van der Waals surface area contributed by atoms with Gasteiger partial charge in [0.05, 0.1) is 6.08 Å². The summed E-state index contributed by atoms with van der Waals surface area (Å²) in [5.41, 5.74) is 0.445. The number of ether oxygens (including phenoxy) is 3. The Morgan fingerprint density at radius 2 is 1.89 bits per heavy atom. The van der Waals surface area contributed by atoms with Crippen LogP contribution in [-0.2, 0) is 29.6 Å². The second-order valence-corrected chi connectivity index (χ2v) is 8.03. The normalized spacial score (nSPS) is 30.9. The van der Waals surface area contributed by atoms with Crippen LogP contribution < -0.4 is 0 Å². The SMILES string of the molecule is CC1=CC(=O)O[C@](C(=O)OC2CC(C)CCC2C(C)C)(c2ccccc2)O1. The first-order valence-corrected chi connectivity index (χ1v) is 9.68. The highest BCUT2D eigenvalue weighted by Crippen LogP contribution is 2.39. The third-order valence-electron chi connectivity index (χ3n) is 5.51. The maximum atomic E-state index is 13.3. The Morgan fingerprint density at radius 1 is 1.19 bits per heavy atom. The van der Waals surface area contributed by atoms with E-state index >= 15 is 0 Å². The van der Waals surface area contributed by atoms with Crippen molar-refractivity contribution < 1.29 is 23.8 Å². The number of esters is 2. The van der Waals surface area contributed by atoms with Crippen LogP contribution >= 0.6 is 0 Å². The first-order chi connectivity index (χ1) is 12.8. The maximum Gasteiger partial charge on any atom is 0.398 e. The lowest BCUT2D eigenvalue weighted by Gasteiger charge is -2.40. The molecule has 0 amide bonds. The lowest BCUT2D eigenvalue weighted by Crippen LogP contribution is -2.48. The maximum absolute atomic E-state index is 13.3. The highest BCUT2D eigenvalue weighted by atomic mass is 16.8. The zero-order valence-electron chi connectivity index (χ0n) is 16.4. The third-order valence-corrected chi connectivity index (χ3v) is 5.51. The molecule has 1 heterocycles. The lowest BCUT2D eigenvalue weighted by atomic mass is 9.75. The molecule has 0 radical (unpaired) electrons. The molecule has 1 saturated carbocycles. The Morgan fingerprint density at radius 3 is 2.52 bits per heavy atom. The molecule has 1 aromatic carbocycles. The van der Waals surface area contributed by atoms with Crippen molar-refractivity contribution in [3.05, 3.63) is 47.7 Å². The van der Waals surface area contributed by atoms with E-state index < -0.39 is 17.7 Å². The topological polar surface area (TPSA) is 61.8 Å². The Bertz CT molecular complexity index is 723. The predicted octanol–water partition coefficient (Wildman–Crippen LogP) is 4.32. The molecule has 0 aromatic heterocycles. The van der Waals surface area contributed by atoms with E-state index in [1.54, 1.807) is 31.2 Å². The van der Waals surface area contributed by atoms with Gasteiger partial charge in [0.15, 0.2) is 0 Å². The summed E-state index contributed by atoms with van der Waals surface area (Å²) in [5.74, 6) is -1.67. The Kier molecular flexibility index (Phi) is 5.59. The van der Waals surface area contributed by atoms with Gasteiger partial charge in [0, 0.05) is 5.56 Å². The van der Waals surface area contributed by atoms with Crippen LogP contribution in [0.25, 0.3) is 0 Å². The summed E-state index contributed by atoms with van der Waals surface area (Å²) in [7, 11) is 0. The van der Waals surface area contributed by atoms with E-state index in [0.29, 0.717) is 23.2 Å². The van der Waals surface area contributed by atoms with Gasteiger partial charge in [0.1, 0.15) is 11.9 Å². The fourth-order valence-electron chi connectivity index (χ4n) is 4.06. The standard InChI is InChI=1S/C22H28O5/c1-14(2)18-11-10-15(3)12-19(18)25-21(24)22(17-8-6-5-7-9-17)26-16(4)13-20(23)27-22/h5-9,13-15,18-19H,10-12H2,1-4H3/t15?,18?,19?,22-/m0/s1. The second kappa shape index (κ2) is 7.75. The molecule has 3 unspecified atom stereocenters. The van der Waals surface area contributed by atoms with Crippen molar-refractivity contribution in [2.75, 3.05) is 0 Å². The summed E-state index contributed by atoms with van der Waals surface area (Å²) in [6, 6.07) is 8.78. The van der Waals surface area contributed by atoms with Gasteiger partial charge in [-0.3, -0.25) is 0 Å². The van der Waals surface area contributed by atoms with E-state index in [1.807, 2.05) is 6.07 Å². The van der Waals surface area contributed by atoms with Crippen molar-refractivity contribution in [2.24, 2.45) is 17.8 Å². The van der Waals surface area contributed by atoms with Crippen LogP contribution in [0.3, 0.4) is 0 Å². The van der Waals surface area contributed by atoms with E-state index in [0.717, 1.165) is 19.3 Å². The fourth-order valence-corrected chi connectivity index (χ4v) is 4.06. The largest absolute Gasteiger partial charge is 0.456 e. The van der Waals surface area contributed by atoms with E-state index in [1.165, 1.54) is 6.08 Å². The fraction of sp³-hybridized carbons (Fsp3) is 0.545. The molecule has 4 atom stereocenters. The smallest absolute Gasteiger partial charge is 0.398 e. The molecule has 5 nitrogen and oxygen atoms in total. The molecular formula is C22H28O5. The number of cyclic esters (lactones) is 1. The summed E-state index contributed by atoms with van der Waals surface area (Å²) in [4.78, 5) is 25.4. The van der Waals surface area contributed by atoms with Gasteiger partial charge >= 0.3 is 17.7 Å². The molecule has 5 heteroatoms. The second-order valence-electron chi connectivity index (χ2n) is 8.03. The van der Waals surface area contributed by atoms with E-state index in [9.17, 15) is 9.59 Å². The Hall–Kier alpha value is -2.30. The predicted molar refractivity (Wildman–Crippen MR) is 100 cm³/mol. The number of benzene rings is 1. The van der Waals surface area contributed by atoms with Gasteiger partial charge in [0.2, 0.25) is 0 Å². The molecule has 27 heavy (non-hydrogen) atoms. The quantitative estimate of drug-likeness (QED) is 0.737. The summed E-state index contributed by atoms with van der Waals surface area (Å²) in [6.07, 6.45) is 3.98. The van der Waals surface area contributed by atoms with Gasteiger partial charge < -0.3 is 14.2 Å². The summed E-state index contributed by atoms with van der Waals surface area (Å²) in [6.45, 7) is 8.11. The highest BCUT2D eigenvalue weighted by Gasteiger charge is 2.52. The van der Waals surface area contributed by atoms with Crippen molar-refractivity contribution in [1.29, 1.82) is 0 Å². The van der Waals surface area contributed by atoms with Crippen LogP contribution in [0.2, 0.25) is 0 Å². The summed E-state index contributed by atoms with van der Waals surface area (Å²) in [5, 5.41) is 0. The molecular weight excluding hydrogens is 344 g/mol. The summed E-state index contributed by atoms with van der Waals surface area (Å²) < 4.78 is 17.2. The number of carbonyl (C=O) groups excluding carboxylic acids is 2. The average molecular weight is 372 g/mol. The summed E-state index contributed by atoms with van der Waals surface area (Å²) >= 11 is 0. The van der Waals surface area contributed by atoms with Crippen LogP contribution in [0, 0.1) is 17.8 Å². The minimum absolute atomic E-state index is 0.213. The number of carbonyl (C=O) groups is 2. The minimum Gasteiger partial charge on any atom is -0.456 e. The van der Waals surface area contributed by atoms with Crippen molar-refractivity contribution in [3.63, 3.8) is 0 Å². The highest BCUT2D eigenvalue weighted by molar-refractivity contribution is 5.89. The van der Waals surface area contributed by atoms with Gasteiger partial charge in [0.25, 0.3) is 0 Å². The van der Waals surface area contributed by atoms with E-state index in [2.05, 4.69) is 20.8 Å². The molecule has 1 fully saturated rings. The van der Waals surface area contributed by atoms with E-state index in [-0.39, 0.29) is 12.0 Å². The van der Waals surface area contributed by atoms with Crippen LogP contribution in [0.5, 0.6) is 0 Å². The molecule has 0 saturated heterocycles. The van der Waals surface area contributed by atoms with E-state index in [4.69, 9.17) is 14.2 Å². The van der Waals surface area contributed by atoms with Crippen LogP contribution in [-0.4, -0.2) is 18.0 Å². The number of rotatable bonds is 4. The zero-order valence-corrected chi connectivity index (χ0v) is 16.4. The molecule has 1 aliphatic heterocycles. The van der Waals surface area contributed by atoms with Crippen LogP contribution in [0.4, 0.5) is 0 Å². The van der Waals surface area contributed by atoms with Crippen molar-refractivity contribution in [3.8, 4) is 0 Å². The Labute approximate surface area is 160 Å². The van der Waals surface area contributed by atoms with Crippen LogP contribution in [0.15, 0.2) is 42.2 Å². The van der Waals surface area contributed by atoms with Gasteiger partial charge in [-0.05, 0) is 37.5 Å². The molecule has 2 aliphatic rings. The number of hydrogen-bond acceptors (Lipinski definition) is 5. The first-order valence-electron chi connectivity index (χ1n) is 9.68. The third kappa shape index (κ3) is 4.02. The average Bonchev–Trinajstić information content (AvgIpc) is 2.61. The van der Waals surface area contributed by atoms with Gasteiger partial charge in [-0.25, -0.2) is 9.59 Å². The van der Waals surface area contributed by atoms with Gasteiger partial charge in [-0.15, -0.1) is 0 Å². The molecule has 1 aromatic rings. The first kappa shape index (κ1) is 19.5. The van der Waals surface area contributed by atoms with Crippen molar-refractivity contribution in [2.45, 2.75) is 58.8 Å². The number of allylic oxidation sites excluding steroid dienone is 1. The molecule has 0 spiro atoms. The Balaban J connectivity index is 1.92. The molecule has 3 rings (SSSR count). The van der Waals surface area contributed by atoms with Gasteiger partial charge in [-0.1, -0.05) is 57.5 Å². The van der Waals surface area contributed by atoms with Crippen molar-refractivity contribution >= 4 is 11.9 Å². The monoisotopic (exact) mass is 372 g/mol. The minimum atomic E-state index is -1.89. The molecule has 0 bridgehead atoms. The zero-order chi connectivity index (χ0) is 19.6. The lowest BCUT2D eigenvalue weighted by molar-refractivity contribution is -0.246. The molecule has 146 valence electrons. The van der Waals surface area contributed by atoms with Crippen molar-refractivity contribution in [1.82, 2.24) is 0 Å². The van der Waals surface area contributed by atoms with Gasteiger partial charge in [-0.2, -0.15) is 0 Å².